The zero-order valence-corrected chi connectivity index (χ0v) is 11.9. The standard InChI is InChI=1S/C14H23N3O/c1-10-6-7-15-8-12(10)9-16-11(2)13(18)17-14(3,4)5/h6-8,11,16H,9H2,1-5H3,(H,17,18). The van der Waals surface area contributed by atoms with Crippen molar-refractivity contribution in [2.75, 3.05) is 0 Å². The van der Waals surface area contributed by atoms with E-state index in [1.165, 1.54) is 5.56 Å². The lowest BCUT2D eigenvalue weighted by Gasteiger charge is -2.23. The van der Waals surface area contributed by atoms with Crippen molar-refractivity contribution in [1.82, 2.24) is 15.6 Å². The van der Waals surface area contributed by atoms with Crippen molar-refractivity contribution < 1.29 is 4.79 Å². The van der Waals surface area contributed by atoms with Crippen molar-refractivity contribution in [2.24, 2.45) is 0 Å². The van der Waals surface area contributed by atoms with Crippen LogP contribution in [0.1, 0.15) is 38.8 Å². The summed E-state index contributed by atoms with van der Waals surface area (Å²) in [5, 5.41) is 6.16. The Morgan fingerprint density at radius 3 is 2.67 bits per heavy atom. The lowest BCUT2D eigenvalue weighted by Crippen LogP contribution is -2.49. The fraction of sp³-hybridized carbons (Fsp3) is 0.571. The predicted octanol–water partition coefficient (Wildman–Crippen LogP) is 1.78. The summed E-state index contributed by atoms with van der Waals surface area (Å²) in [5.74, 6) is 0.0176. The molecule has 0 aliphatic rings. The molecular weight excluding hydrogens is 226 g/mol. The number of hydrogen-bond donors (Lipinski definition) is 2. The predicted molar refractivity (Wildman–Crippen MR) is 73.2 cm³/mol. The van der Waals surface area contributed by atoms with Crippen molar-refractivity contribution >= 4 is 5.91 Å². The van der Waals surface area contributed by atoms with E-state index in [1.807, 2.05) is 46.9 Å². The first-order valence-electron chi connectivity index (χ1n) is 6.24. The third-order valence-electron chi connectivity index (χ3n) is 2.64. The van der Waals surface area contributed by atoms with E-state index in [-0.39, 0.29) is 17.5 Å². The first-order chi connectivity index (χ1) is 8.29. The van der Waals surface area contributed by atoms with Gasteiger partial charge in [0.25, 0.3) is 0 Å². The number of carbonyl (C=O) groups excluding carboxylic acids is 1. The van der Waals surface area contributed by atoms with Crippen molar-refractivity contribution in [3.05, 3.63) is 29.6 Å². The second-order valence-corrected chi connectivity index (χ2v) is 5.64. The normalized spacial score (nSPS) is 13.2. The molecule has 0 bridgehead atoms. The Morgan fingerprint density at radius 2 is 2.11 bits per heavy atom. The lowest BCUT2D eigenvalue weighted by molar-refractivity contribution is -0.124. The average molecular weight is 249 g/mol. The fourth-order valence-electron chi connectivity index (χ4n) is 1.52. The molecule has 0 aliphatic heterocycles. The fourth-order valence-corrected chi connectivity index (χ4v) is 1.52. The Morgan fingerprint density at radius 1 is 1.44 bits per heavy atom. The Labute approximate surface area is 109 Å². The molecule has 4 heteroatoms. The maximum atomic E-state index is 11.9. The highest BCUT2D eigenvalue weighted by Crippen LogP contribution is 2.05. The SMILES string of the molecule is Cc1ccncc1CNC(C)C(=O)NC(C)(C)C. The highest BCUT2D eigenvalue weighted by molar-refractivity contribution is 5.81. The summed E-state index contributed by atoms with van der Waals surface area (Å²) in [4.78, 5) is 16.0. The van der Waals surface area contributed by atoms with Gasteiger partial charge in [-0.15, -0.1) is 0 Å². The number of nitrogens with one attached hydrogen (secondary N) is 2. The van der Waals surface area contributed by atoms with E-state index in [4.69, 9.17) is 0 Å². The largest absolute Gasteiger partial charge is 0.350 e. The van der Waals surface area contributed by atoms with Crippen molar-refractivity contribution in [2.45, 2.75) is 52.7 Å². The van der Waals surface area contributed by atoms with Crippen LogP contribution in [0.5, 0.6) is 0 Å². The Hall–Kier alpha value is -1.42. The van der Waals surface area contributed by atoms with E-state index >= 15 is 0 Å². The molecular formula is C14H23N3O. The summed E-state index contributed by atoms with van der Waals surface area (Å²) in [6.45, 7) is 10.5. The quantitative estimate of drug-likeness (QED) is 0.855. The van der Waals surface area contributed by atoms with E-state index in [1.54, 1.807) is 6.20 Å². The molecule has 1 unspecified atom stereocenters. The maximum Gasteiger partial charge on any atom is 0.237 e. The molecule has 0 aromatic carbocycles. The van der Waals surface area contributed by atoms with Gasteiger partial charge in [-0.05, 0) is 51.8 Å². The Kier molecular flexibility index (Phi) is 4.84. The second kappa shape index (κ2) is 5.96. The molecule has 1 heterocycles. The monoisotopic (exact) mass is 249 g/mol. The van der Waals surface area contributed by atoms with Crippen molar-refractivity contribution in [3.8, 4) is 0 Å². The zero-order valence-electron chi connectivity index (χ0n) is 11.9. The van der Waals surface area contributed by atoms with Gasteiger partial charge < -0.3 is 10.6 Å². The van der Waals surface area contributed by atoms with Gasteiger partial charge in [-0.1, -0.05) is 0 Å². The van der Waals surface area contributed by atoms with Crippen LogP contribution in [0.25, 0.3) is 0 Å². The number of rotatable bonds is 4. The molecule has 1 aromatic heterocycles. The van der Waals surface area contributed by atoms with Gasteiger partial charge in [-0.25, -0.2) is 0 Å². The summed E-state index contributed by atoms with van der Waals surface area (Å²) in [6, 6.07) is 1.75. The number of nitrogens with zero attached hydrogens (tertiary/aromatic N) is 1. The minimum Gasteiger partial charge on any atom is -0.350 e. The van der Waals surface area contributed by atoms with Crippen LogP contribution < -0.4 is 10.6 Å². The highest BCUT2D eigenvalue weighted by Gasteiger charge is 2.18. The molecule has 0 fully saturated rings. The van der Waals surface area contributed by atoms with E-state index in [0.29, 0.717) is 6.54 Å². The summed E-state index contributed by atoms with van der Waals surface area (Å²) < 4.78 is 0. The van der Waals surface area contributed by atoms with Gasteiger partial charge in [0, 0.05) is 24.5 Å². The van der Waals surface area contributed by atoms with Gasteiger partial charge in [-0.2, -0.15) is 0 Å². The molecule has 1 aromatic rings. The molecule has 1 rings (SSSR count). The molecule has 4 nitrogen and oxygen atoms in total. The Balaban J connectivity index is 2.49. The van der Waals surface area contributed by atoms with Crippen LogP contribution in [0, 0.1) is 6.92 Å². The van der Waals surface area contributed by atoms with Gasteiger partial charge in [-0.3, -0.25) is 9.78 Å². The third-order valence-corrected chi connectivity index (χ3v) is 2.64. The molecule has 0 spiro atoms. The van der Waals surface area contributed by atoms with Gasteiger partial charge in [0.15, 0.2) is 0 Å². The Bertz CT molecular complexity index is 410. The lowest BCUT2D eigenvalue weighted by atomic mass is 10.1. The topological polar surface area (TPSA) is 54.0 Å². The maximum absolute atomic E-state index is 11.9. The minimum atomic E-state index is -0.219. The third kappa shape index (κ3) is 4.84. The van der Waals surface area contributed by atoms with E-state index < -0.39 is 0 Å². The van der Waals surface area contributed by atoms with Crippen LogP contribution in [-0.4, -0.2) is 22.5 Å². The van der Waals surface area contributed by atoms with Gasteiger partial charge >= 0.3 is 0 Å². The minimum absolute atomic E-state index is 0.0176. The van der Waals surface area contributed by atoms with Gasteiger partial charge in [0.1, 0.15) is 0 Å². The number of hydrogen-bond acceptors (Lipinski definition) is 3. The van der Waals surface area contributed by atoms with Crippen LogP contribution in [0.2, 0.25) is 0 Å². The summed E-state index contributed by atoms with van der Waals surface area (Å²) >= 11 is 0. The smallest absolute Gasteiger partial charge is 0.237 e. The molecule has 1 atom stereocenters. The molecule has 0 saturated heterocycles. The van der Waals surface area contributed by atoms with E-state index in [0.717, 1.165) is 5.56 Å². The van der Waals surface area contributed by atoms with Crippen LogP contribution in [0.3, 0.4) is 0 Å². The zero-order chi connectivity index (χ0) is 13.8. The van der Waals surface area contributed by atoms with E-state index in [2.05, 4.69) is 15.6 Å². The summed E-state index contributed by atoms with van der Waals surface area (Å²) in [7, 11) is 0. The highest BCUT2D eigenvalue weighted by atomic mass is 16.2. The molecule has 100 valence electrons. The van der Waals surface area contributed by atoms with Gasteiger partial charge in [0.2, 0.25) is 5.91 Å². The van der Waals surface area contributed by atoms with Crippen molar-refractivity contribution in [1.29, 1.82) is 0 Å². The first-order valence-corrected chi connectivity index (χ1v) is 6.24. The number of amides is 1. The summed E-state index contributed by atoms with van der Waals surface area (Å²) in [5.41, 5.74) is 2.10. The molecule has 18 heavy (non-hydrogen) atoms. The molecule has 0 aliphatic carbocycles. The molecule has 2 N–H and O–H groups in total. The van der Waals surface area contributed by atoms with Crippen molar-refractivity contribution in [3.63, 3.8) is 0 Å². The van der Waals surface area contributed by atoms with Crippen LogP contribution in [0.4, 0.5) is 0 Å². The average Bonchev–Trinajstić information content (AvgIpc) is 2.25. The van der Waals surface area contributed by atoms with Crippen LogP contribution in [-0.2, 0) is 11.3 Å². The summed E-state index contributed by atoms with van der Waals surface area (Å²) in [6.07, 6.45) is 3.60. The van der Waals surface area contributed by atoms with Crippen LogP contribution >= 0.6 is 0 Å². The number of aryl methyl sites for hydroxylation is 1. The number of aromatic nitrogens is 1. The second-order valence-electron chi connectivity index (χ2n) is 5.64. The van der Waals surface area contributed by atoms with E-state index in [9.17, 15) is 4.79 Å². The van der Waals surface area contributed by atoms with Crippen LogP contribution in [0.15, 0.2) is 18.5 Å². The first kappa shape index (κ1) is 14.6. The number of carbonyl (C=O) groups is 1. The molecule has 0 radical (unpaired) electrons. The molecule has 1 amide bonds. The molecule has 0 saturated carbocycles. The number of pyridine rings is 1. The van der Waals surface area contributed by atoms with Gasteiger partial charge in [0.05, 0.1) is 6.04 Å².